The Bertz CT molecular complexity index is 386. The van der Waals surface area contributed by atoms with Gasteiger partial charge < -0.3 is 14.8 Å². The van der Waals surface area contributed by atoms with E-state index in [0.717, 1.165) is 23.7 Å². The summed E-state index contributed by atoms with van der Waals surface area (Å²) in [6.45, 7) is 9.15. The molecule has 0 saturated carbocycles. The summed E-state index contributed by atoms with van der Waals surface area (Å²) in [7, 11) is 0. The van der Waals surface area contributed by atoms with E-state index in [2.05, 4.69) is 19.2 Å². The lowest BCUT2D eigenvalue weighted by molar-refractivity contribution is -0.0431. The van der Waals surface area contributed by atoms with Crippen LogP contribution in [0, 0.1) is 5.92 Å². The number of ether oxygens (including phenoxy) is 2. The summed E-state index contributed by atoms with van der Waals surface area (Å²) in [5.74, 6) is 1.72. The van der Waals surface area contributed by atoms with Gasteiger partial charge in [0.25, 0.3) is 0 Å². The molecule has 0 aliphatic carbocycles. The highest BCUT2D eigenvalue weighted by Crippen LogP contribution is 2.40. The minimum absolute atomic E-state index is 0.543. The average Bonchev–Trinajstić information content (AvgIpc) is 2.47. The molecule has 3 nitrogen and oxygen atoms in total. The molecule has 1 aliphatic heterocycles. The fourth-order valence-corrected chi connectivity index (χ4v) is 1.65. The normalized spacial score (nSPS) is 16.6. The fourth-order valence-electron chi connectivity index (χ4n) is 1.65. The highest BCUT2D eigenvalue weighted by atomic mass is 16.7. The van der Waals surface area contributed by atoms with Crippen molar-refractivity contribution in [3.05, 3.63) is 18.2 Å². The number of anilines is 1. The summed E-state index contributed by atoms with van der Waals surface area (Å²) in [6, 6.07) is 5.96. The molecular formula is C13H19NO2. The zero-order chi connectivity index (χ0) is 11.8. The molecule has 0 fully saturated rings. The van der Waals surface area contributed by atoms with Gasteiger partial charge in [-0.1, -0.05) is 13.8 Å². The van der Waals surface area contributed by atoms with Crippen LogP contribution in [0.4, 0.5) is 5.69 Å². The second kappa shape index (κ2) is 3.89. The monoisotopic (exact) mass is 221 g/mol. The molecule has 0 amide bonds. The summed E-state index contributed by atoms with van der Waals surface area (Å²) < 4.78 is 11.3. The summed E-state index contributed by atoms with van der Waals surface area (Å²) in [6.07, 6.45) is 0. The molecule has 0 unspecified atom stereocenters. The van der Waals surface area contributed by atoms with Gasteiger partial charge in [0.15, 0.2) is 11.5 Å². The van der Waals surface area contributed by atoms with E-state index in [9.17, 15) is 0 Å². The molecule has 1 aromatic carbocycles. The lowest BCUT2D eigenvalue weighted by atomic mass is 10.2. The van der Waals surface area contributed by atoms with Gasteiger partial charge in [-0.3, -0.25) is 0 Å². The quantitative estimate of drug-likeness (QED) is 0.849. The first-order valence-electron chi connectivity index (χ1n) is 5.72. The number of hydrogen-bond donors (Lipinski definition) is 1. The first-order valence-corrected chi connectivity index (χ1v) is 5.72. The molecule has 3 heteroatoms. The van der Waals surface area contributed by atoms with E-state index >= 15 is 0 Å². The van der Waals surface area contributed by atoms with Crippen molar-refractivity contribution in [3.63, 3.8) is 0 Å². The van der Waals surface area contributed by atoms with Crippen molar-refractivity contribution in [1.82, 2.24) is 0 Å². The topological polar surface area (TPSA) is 30.5 Å². The predicted molar refractivity (Wildman–Crippen MR) is 65.1 cm³/mol. The molecule has 0 bridgehead atoms. The Morgan fingerprint density at radius 1 is 1.19 bits per heavy atom. The number of nitrogens with one attached hydrogen (secondary N) is 1. The third kappa shape index (κ3) is 2.40. The van der Waals surface area contributed by atoms with Crippen LogP contribution < -0.4 is 14.8 Å². The lowest BCUT2D eigenvalue weighted by Gasteiger charge is -2.16. The molecule has 0 aromatic heterocycles. The minimum atomic E-state index is -0.543. The molecule has 2 rings (SSSR count). The van der Waals surface area contributed by atoms with E-state index < -0.39 is 5.79 Å². The lowest BCUT2D eigenvalue weighted by Crippen LogP contribution is -2.29. The van der Waals surface area contributed by atoms with E-state index in [1.165, 1.54) is 0 Å². The van der Waals surface area contributed by atoms with Gasteiger partial charge in [-0.15, -0.1) is 0 Å². The van der Waals surface area contributed by atoms with Crippen LogP contribution in [0.15, 0.2) is 18.2 Å². The van der Waals surface area contributed by atoms with Gasteiger partial charge in [0.2, 0.25) is 5.79 Å². The smallest absolute Gasteiger partial charge is 0.246 e. The summed E-state index contributed by atoms with van der Waals surface area (Å²) >= 11 is 0. The Kier molecular flexibility index (Phi) is 2.70. The number of hydrogen-bond acceptors (Lipinski definition) is 3. The molecular weight excluding hydrogens is 202 g/mol. The van der Waals surface area contributed by atoms with Crippen molar-refractivity contribution in [3.8, 4) is 11.5 Å². The van der Waals surface area contributed by atoms with Crippen molar-refractivity contribution in [2.24, 2.45) is 5.92 Å². The van der Waals surface area contributed by atoms with Crippen molar-refractivity contribution in [1.29, 1.82) is 0 Å². The Labute approximate surface area is 96.8 Å². The van der Waals surface area contributed by atoms with Crippen LogP contribution in [0.1, 0.15) is 27.7 Å². The van der Waals surface area contributed by atoms with Gasteiger partial charge in [0, 0.05) is 32.1 Å². The van der Waals surface area contributed by atoms with Crippen LogP contribution in [0.2, 0.25) is 0 Å². The van der Waals surface area contributed by atoms with E-state index in [-0.39, 0.29) is 0 Å². The second-order valence-electron chi connectivity index (χ2n) is 5.04. The molecule has 0 saturated heterocycles. The van der Waals surface area contributed by atoms with Crippen molar-refractivity contribution < 1.29 is 9.47 Å². The van der Waals surface area contributed by atoms with E-state index in [1.54, 1.807) is 0 Å². The zero-order valence-corrected chi connectivity index (χ0v) is 10.3. The van der Waals surface area contributed by atoms with Crippen molar-refractivity contribution >= 4 is 5.69 Å². The molecule has 1 N–H and O–H groups in total. The highest BCUT2D eigenvalue weighted by Gasteiger charge is 2.31. The molecule has 16 heavy (non-hydrogen) atoms. The van der Waals surface area contributed by atoms with Gasteiger partial charge >= 0.3 is 0 Å². The third-order valence-electron chi connectivity index (χ3n) is 2.37. The fraction of sp³-hybridized carbons (Fsp3) is 0.538. The van der Waals surface area contributed by atoms with Gasteiger partial charge in [0.1, 0.15) is 0 Å². The van der Waals surface area contributed by atoms with Crippen LogP contribution in [0.5, 0.6) is 11.5 Å². The van der Waals surface area contributed by atoms with E-state index in [1.807, 2.05) is 32.0 Å². The van der Waals surface area contributed by atoms with Crippen LogP contribution in [-0.2, 0) is 0 Å². The second-order valence-corrected chi connectivity index (χ2v) is 5.04. The Morgan fingerprint density at radius 3 is 2.56 bits per heavy atom. The molecule has 0 atom stereocenters. The van der Waals surface area contributed by atoms with Gasteiger partial charge in [-0.05, 0) is 18.1 Å². The number of fused-ring (bicyclic) bond motifs is 1. The zero-order valence-electron chi connectivity index (χ0n) is 10.3. The van der Waals surface area contributed by atoms with Crippen molar-refractivity contribution in [2.75, 3.05) is 11.9 Å². The number of benzene rings is 1. The summed E-state index contributed by atoms with van der Waals surface area (Å²) in [5.41, 5.74) is 1.08. The van der Waals surface area contributed by atoms with Gasteiger partial charge in [-0.25, -0.2) is 0 Å². The molecule has 1 aliphatic rings. The first-order chi connectivity index (χ1) is 7.46. The predicted octanol–water partition coefficient (Wildman–Crippen LogP) is 3.26. The minimum Gasteiger partial charge on any atom is -0.449 e. The third-order valence-corrected chi connectivity index (χ3v) is 2.37. The van der Waals surface area contributed by atoms with Crippen LogP contribution in [0.25, 0.3) is 0 Å². The van der Waals surface area contributed by atoms with E-state index in [0.29, 0.717) is 5.92 Å². The maximum Gasteiger partial charge on any atom is 0.246 e. The summed E-state index contributed by atoms with van der Waals surface area (Å²) in [4.78, 5) is 0. The van der Waals surface area contributed by atoms with Crippen LogP contribution in [-0.4, -0.2) is 12.3 Å². The van der Waals surface area contributed by atoms with Crippen molar-refractivity contribution in [2.45, 2.75) is 33.5 Å². The van der Waals surface area contributed by atoms with Crippen LogP contribution in [0.3, 0.4) is 0 Å². The molecule has 1 heterocycles. The van der Waals surface area contributed by atoms with Gasteiger partial charge in [0.05, 0.1) is 0 Å². The highest BCUT2D eigenvalue weighted by molar-refractivity contribution is 5.56. The average molecular weight is 221 g/mol. The molecule has 88 valence electrons. The van der Waals surface area contributed by atoms with Gasteiger partial charge in [-0.2, -0.15) is 0 Å². The van der Waals surface area contributed by atoms with E-state index in [4.69, 9.17) is 9.47 Å². The largest absolute Gasteiger partial charge is 0.449 e. The first kappa shape index (κ1) is 11.1. The maximum atomic E-state index is 5.68. The maximum absolute atomic E-state index is 5.68. The molecule has 0 spiro atoms. The molecule has 0 radical (unpaired) electrons. The SMILES string of the molecule is CC(C)CNc1ccc2c(c1)OC(C)(C)O2. The van der Waals surface area contributed by atoms with Crippen LogP contribution >= 0.6 is 0 Å². The Morgan fingerprint density at radius 2 is 1.88 bits per heavy atom. The Balaban J connectivity index is 2.10. The standard InChI is InChI=1S/C13H19NO2/c1-9(2)8-14-10-5-6-11-12(7-10)16-13(3,4)15-11/h5-7,9,14H,8H2,1-4H3. The number of rotatable bonds is 3. The Hall–Kier alpha value is -1.38. The molecule has 1 aromatic rings. The summed E-state index contributed by atoms with van der Waals surface area (Å²) in [5, 5.41) is 3.37.